The van der Waals surface area contributed by atoms with Gasteiger partial charge in [-0.2, -0.15) is 0 Å². The highest BCUT2D eigenvalue weighted by molar-refractivity contribution is 5.81. The molecule has 2 unspecified atom stereocenters. The van der Waals surface area contributed by atoms with Crippen LogP contribution in [0, 0.1) is 0 Å². The summed E-state index contributed by atoms with van der Waals surface area (Å²) in [4.78, 5) is 10.9. The van der Waals surface area contributed by atoms with Crippen molar-refractivity contribution in [1.29, 1.82) is 0 Å². The van der Waals surface area contributed by atoms with E-state index in [1.807, 2.05) is 30.3 Å². The number of carbonyl (C=O) groups is 1. The van der Waals surface area contributed by atoms with E-state index in [9.17, 15) is 9.90 Å². The largest absolute Gasteiger partial charge is 0.457 e. The van der Waals surface area contributed by atoms with Gasteiger partial charge in [0.15, 0.2) is 0 Å². The monoisotopic (exact) mass is 220 g/mol. The molecule has 0 amide bonds. The molecule has 0 spiro atoms. The van der Waals surface area contributed by atoms with Crippen LogP contribution in [0.5, 0.6) is 0 Å². The van der Waals surface area contributed by atoms with Crippen molar-refractivity contribution in [2.45, 2.75) is 25.6 Å². The standard InChI is InChI=1S/C13H16O3/c1-3-13(15)16-10(2)12(14)9-11-7-5-4-6-8-11/h3-8,10,12,14H,1,9H2,2H3. The number of carbonyl (C=O) groups excluding carboxylic acids is 1. The van der Waals surface area contributed by atoms with Crippen LogP contribution in [-0.2, 0) is 16.0 Å². The number of ether oxygens (including phenoxy) is 1. The number of benzene rings is 1. The predicted molar refractivity (Wildman–Crippen MR) is 61.9 cm³/mol. The Bertz CT molecular complexity index is 345. The van der Waals surface area contributed by atoms with Gasteiger partial charge in [-0.1, -0.05) is 36.9 Å². The minimum Gasteiger partial charge on any atom is -0.457 e. The zero-order valence-electron chi connectivity index (χ0n) is 9.30. The second kappa shape index (κ2) is 6.08. The lowest BCUT2D eigenvalue weighted by atomic mass is 10.0. The molecule has 3 nitrogen and oxygen atoms in total. The molecule has 0 fully saturated rings. The van der Waals surface area contributed by atoms with E-state index in [0.29, 0.717) is 6.42 Å². The highest BCUT2D eigenvalue weighted by Gasteiger charge is 2.17. The van der Waals surface area contributed by atoms with Gasteiger partial charge in [-0.25, -0.2) is 4.79 Å². The molecule has 16 heavy (non-hydrogen) atoms. The fourth-order valence-corrected chi connectivity index (χ4v) is 1.33. The zero-order valence-corrected chi connectivity index (χ0v) is 9.30. The van der Waals surface area contributed by atoms with Crippen molar-refractivity contribution in [2.75, 3.05) is 0 Å². The average molecular weight is 220 g/mol. The first-order valence-corrected chi connectivity index (χ1v) is 5.18. The Hall–Kier alpha value is -1.61. The van der Waals surface area contributed by atoms with Crippen molar-refractivity contribution in [3.8, 4) is 0 Å². The summed E-state index contributed by atoms with van der Waals surface area (Å²) in [7, 11) is 0. The SMILES string of the molecule is C=CC(=O)OC(C)C(O)Cc1ccccc1. The van der Waals surface area contributed by atoms with Gasteiger partial charge >= 0.3 is 5.97 Å². The third-order valence-electron chi connectivity index (χ3n) is 2.30. The molecule has 2 atom stereocenters. The van der Waals surface area contributed by atoms with E-state index in [1.54, 1.807) is 6.92 Å². The lowest BCUT2D eigenvalue weighted by Crippen LogP contribution is -2.29. The van der Waals surface area contributed by atoms with Crippen molar-refractivity contribution in [1.82, 2.24) is 0 Å². The number of hydrogen-bond donors (Lipinski definition) is 1. The molecule has 0 heterocycles. The normalized spacial score (nSPS) is 13.9. The van der Waals surface area contributed by atoms with Crippen LogP contribution >= 0.6 is 0 Å². The Morgan fingerprint density at radius 2 is 2.12 bits per heavy atom. The van der Waals surface area contributed by atoms with E-state index < -0.39 is 18.2 Å². The number of rotatable bonds is 5. The fraction of sp³-hybridized carbons (Fsp3) is 0.308. The van der Waals surface area contributed by atoms with E-state index in [0.717, 1.165) is 11.6 Å². The molecular weight excluding hydrogens is 204 g/mol. The maximum absolute atomic E-state index is 10.9. The number of aliphatic hydroxyl groups excluding tert-OH is 1. The van der Waals surface area contributed by atoms with Crippen LogP contribution in [0.3, 0.4) is 0 Å². The molecule has 1 aromatic carbocycles. The summed E-state index contributed by atoms with van der Waals surface area (Å²) in [5, 5.41) is 9.80. The van der Waals surface area contributed by atoms with Crippen LogP contribution < -0.4 is 0 Å². The predicted octanol–water partition coefficient (Wildman–Crippen LogP) is 1.71. The number of hydrogen-bond acceptors (Lipinski definition) is 3. The van der Waals surface area contributed by atoms with Gasteiger partial charge in [0.1, 0.15) is 6.10 Å². The average Bonchev–Trinajstić information content (AvgIpc) is 2.30. The highest BCUT2D eigenvalue weighted by Crippen LogP contribution is 2.08. The smallest absolute Gasteiger partial charge is 0.330 e. The van der Waals surface area contributed by atoms with Gasteiger partial charge in [0.05, 0.1) is 6.10 Å². The van der Waals surface area contributed by atoms with Gasteiger partial charge in [0, 0.05) is 12.5 Å². The van der Waals surface area contributed by atoms with Gasteiger partial charge in [0.2, 0.25) is 0 Å². The lowest BCUT2D eigenvalue weighted by molar-refractivity contribution is -0.147. The Balaban J connectivity index is 2.49. The zero-order chi connectivity index (χ0) is 12.0. The van der Waals surface area contributed by atoms with Gasteiger partial charge in [-0.15, -0.1) is 0 Å². The van der Waals surface area contributed by atoms with Crippen LogP contribution in [0.15, 0.2) is 43.0 Å². The van der Waals surface area contributed by atoms with Gasteiger partial charge in [0.25, 0.3) is 0 Å². The number of aliphatic hydroxyl groups is 1. The quantitative estimate of drug-likeness (QED) is 0.607. The first-order valence-electron chi connectivity index (χ1n) is 5.18. The first-order chi connectivity index (χ1) is 7.63. The highest BCUT2D eigenvalue weighted by atomic mass is 16.6. The van der Waals surface area contributed by atoms with E-state index in [1.165, 1.54) is 0 Å². The summed E-state index contributed by atoms with van der Waals surface area (Å²) < 4.78 is 4.93. The molecule has 86 valence electrons. The molecule has 0 aromatic heterocycles. The second-order valence-electron chi connectivity index (χ2n) is 3.60. The molecule has 1 rings (SSSR count). The van der Waals surface area contributed by atoms with Crippen LogP contribution in [0.2, 0.25) is 0 Å². The minimum atomic E-state index is -0.703. The fourth-order valence-electron chi connectivity index (χ4n) is 1.33. The molecule has 0 saturated carbocycles. The molecule has 0 saturated heterocycles. The van der Waals surface area contributed by atoms with Crippen molar-refractivity contribution in [2.24, 2.45) is 0 Å². The maximum Gasteiger partial charge on any atom is 0.330 e. The van der Waals surface area contributed by atoms with Crippen molar-refractivity contribution in [3.05, 3.63) is 48.6 Å². The van der Waals surface area contributed by atoms with E-state index in [2.05, 4.69) is 6.58 Å². The summed E-state index contributed by atoms with van der Waals surface area (Å²) in [5.74, 6) is -0.514. The summed E-state index contributed by atoms with van der Waals surface area (Å²) in [6.07, 6.45) is 0.315. The molecule has 0 aliphatic heterocycles. The third kappa shape index (κ3) is 3.87. The van der Waals surface area contributed by atoms with Crippen molar-refractivity contribution < 1.29 is 14.6 Å². The van der Waals surface area contributed by atoms with Gasteiger partial charge in [-0.3, -0.25) is 0 Å². The molecule has 1 aromatic rings. The lowest BCUT2D eigenvalue weighted by Gasteiger charge is -2.18. The summed E-state index contributed by atoms with van der Waals surface area (Å²) in [5.41, 5.74) is 1.01. The first kappa shape index (κ1) is 12.5. The molecule has 0 aliphatic rings. The second-order valence-corrected chi connectivity index (χ2v) is 3.60. The Morgan fingerprint density at radius 1 is 1.50 bits per heavy atom. The molecular formula is C13H16O3. The van der Waals surface area contributed by atoms with Crippen molar-refractivity contribution >= 4 is 5.97 Å². The molecule has 0 radical (unpaired) electrons. The Kier molecular flexibility index (Phi) is 4.73. The topological polar surface area (TPSA) is 46.5 Å². The van der Waals surface area contributed by atoms with Crippen LogP contribution in [-0.4, -0.2) is 23.3 Å². The van der Waals surface area contributed by atoms with Crippen molar-refractivity contribution in [3.63, 3.8) is 0 Å². The summed E-state index contributed by atoms with van der Waals surface area (Å²) in [6.45, 7) is 4.96. The summed E-state index contributed by atoms with van der Waals surface area (Å²) >= 11 is 0. The van der Waals surface area contributed by atoms with E-state index in [-0.39, 0.29) is 0 Å². The molecule has 3 heteroatoms. The minimum absolute atomic E-state index is 0.465. The number of esters is 1. The molecule has 1 N–H and O–H groups in total. The summed E-state index contributed by atoms with van der Waals surface area (Å²) in [6, 6.07) is 9.57. The van der Waals surface area contributed by atoms with Crippen LogP contribution in [0.1, 0.15) is 12.5 Å². The Labute approximate surface area is 95.4 Å². The van der Waals surface area contributed by atoms with Crippen LogP contribution in [0.4, 0.5) is 0 Å². The van der Waals surface area contributed by atoms with E-state index >= 15 is 0 Å². The van der Waals surface area contributed by atoms with E-state index in [4.69, 9.17) is 4.74 Å². The molecule has 0 bridgehead atoms. The molecule has 0 aliphatic carbocycles. The van der Waals surface area contributed by atoms with Crippen LogP contribution in [0.25, 0.3) is 0 Å². The maximum atomic E-state index is 10.9. The van der Waals surface area contributed by atoms with Gasteiger partial charge < -0.3 is 9.84 Å². The third-order valence-corrected chi connectivity index (χ3v) is 2.30. The Morgan fingerprint density at radius 3 is 2.69 bits per heavy atom. The van der Waals surface area contributed by atoms with Gasteiger partial charge in [-0.05, 0) is 12.5 Å².